The second kappa shape index (κ2) is 7.98. The van der Waals surface area contributed by atoms with Gasteiger partial charge in [-0.05, 0) is 19.1 Å². The fourth-order valence-electron chi connectivity index (χ4n) is 2.29. The van der Waals surface area contributed by atoms with Crippen LogP contribution in [0.15, 0.2) is 35.0 Å². The first kappa shape index (κ1) is 16.5. The summed E-state index contributed by atoms with van der Waals surface area (Å²) in [5.41, 5.74) is 5.00. The van der Waals surface area contributed by atoms with Crippen molar-refractivity contribution >= 4 is 28.1 Å². The molecule has 3 rings (SSSR count). The van der Waals surface area contributed by atoms with Crippen molar-refractivity contribution < 1.29 is 9.53 Å². The van der Waals surface area contributed by atoms with Gasteiger partial charge in [-0.15, -0.1) is 11.3 Å². The summed E-state index contributed by atoms with van der Waals surface area (Å²) in [7, 11) is 0. The lowest BCUT2D eigenvalue weighted by Crippen LogP contribution is -2.36. The van der Waals surface area contributed by atoms with Crippen molar-refractivity contribution in [2.24, 2.45) is 5.10 Å². The molecular formula is C16H19N5O2S. The summed E-state index contributed by atoms with van der Waals surface area (Å²) in [6.45, 7) is 4.97. The van der Waals surface area contributed by atoms with Crippen LogP contribution in [0.2, 0.25) is 0 Å². The number of pyridine rings is 1. The third-order valence-electron chi connectivity index (χ3n) is 3.61. The molecule has 0 bridgehead atoms. The largest absolute Gasteiger partial charge is 0.378 e. The van der Waals surface area contributed by atoms with Crippen LogP contribution in [0, 0.1) is 0 Å². The third kappa shape index (κ3) is 4.36. The normalized spacial score (nSPS) is 15.4. The predicted octanol–water partition coefficient (Wildman–Crippen LogP) is 1.46. The first-order valence-electron chi connectivity index (χ1n) is 7.73. The molecule has 0 saturated carbocycles. The molecule has 0 radical (unpaired) electrons. The van der Waals surface area contributed by atoms with Crippen LogP contribution in [-0.4, -0.2) is 47.9 Å². The van der Waals surface area contributed by atoms with Crippen LogP contribution in [0.4, 0.5) is 5.13 Å². The molecule has 1 fully saturated rings. The molecule has 3 heterocycles. The fraction of sp³-hybridized carbons (Fsp3) is 0.375. The lowest BCUT2D eigenvalue weighted by atomic mass is 10.2. The SMILES string of the molecule is C/C(=N/NC(=O)Cc1csc(N2CCOCC2)n1)c1ccncc1. The maximum absolute atomic E-state index is 12.0. The number of hydrogen-bond acceptors (Lipinski definition) is 7. The van der Waals surface area contributed by atoms with Crippen LogP contribution in [0.25, 0.3) is 0 Å². The van der Waals surface area contributed by atoms with Gasteiger partial charge in [0.1, 0.15) is 0 Å². The molecule has 0 aromatic carbocycles. The van der Waals surface area contributed by atoms with Gasteiger partial charge in [-0.25, -0.2) is 10.4 Å². The Kier molecular flexibility index (Phi) is 5.50. The lowest BCUT2D eigenvalue weighted by Gasteiger charge is -2.26. The van der Waals surface area contributed by atoms with Gasteiger partial charge in [-0.1, -0.05) is 0 Å². The van der Waals surface area contributed by atoms with Crippen LogP contribution >= 0.6 is 11.3 Å². The fourth-order valence-corrected chi connectivity index (χ4v) is 3.16. The van der Waals surface area contributed by atoms with Gasteiger partial charge in [0.2, 0.25) is 5.91 Å². The maximum Gasteiger partial charge on any atom is 0.246 e. The standard InChI is InChI=1S/C16H19N5O2S/c1-12(13-2-4-17-5-3-13)19-20-15(22)10-14-11-24-16(18-14)21-6-8-23-9-7-21/h2-5,11H,6-10H2,1H3,(H,20,22)/b19-12-. The number of anilines is 1. The Balaban J connectivity index is 1.54. The molecule has 7 nitrogen and oxygen atoms in total. The Morgan fingerprint density at radius 3 is 2.88 bits per heavy atom. The minimum atomic E-state index is -0.178. The number of nitrogens with zero attached hydrogens (tertiary/aromatic N) is 4. The lowest BCUT2D eigenvalue weighted by molar-refractivity contribution is -0.120. The number of thiazole rings is 1. The van der Waals surface area contributed by atoms with Gasteiger partial charge in [-0.2, -0.15) is 5.10 Å². The molecule has 0 atom stereocenters. The van der Waals surface area contributed by atoms with Gasteiger partial charge in [0.25, 0.3) is 0 Å². The maximum atomic E-state index is 12.0. The molecule has 1 N–H and O–H groups in total. The molecule has 2 aromatic rings. The Bertz CT molecular complexity index is 710. The van der Waals surface area contributed by atoms with Crippen LogP contribution in [-0.2, 0) is 16.0 Å². The van der Waals surface area contributed by atoms with E-state index in [9.17, 15) is 4.79 Å². The van der Waals surface area contributed by atoms with Gasteiger partial charge < -0.3 is 9.64 Å². The van der Waals surface area contributed by atoms with Crippen molar-refractivity contribution in [3.8, 4) is 0 Å². The highest BCUT2D eigenvalue weighted by molar-refractivity contribution is 7.13. The van der Waals surface area contributed by atoms with E-state index < -0.39 is 0 Å². The van der Waals surface area contributed by atoms with Crippen LogP contribution in [0.1, 0.15) is 18.2 Å². The molecule has 0 spiro atoms. The van der Waals surface area contributed by atoms with Crippen molar-refractivity contribution in [2.45, 2.75) is 13.3 Å². The number of hydrazone groups is 1. The van der Waals surface area contributed by atoms with Crippen molar-refractivity contribution in [3.63, 3.8) is 0 Å². The van der Waals surface area contributed by atoms with E-state index in [0.717, 1.165) is 48.4 Å². The van der Waals surface area contributed by atoms with Crippen LogP contribution in [0.3, 0.4) is 0 Å². The highest BCUT2D eigenvalue weighted by Gasteiger charge is 2.15. The van der Waals surface area contributed by atoms with Crippen molar-refractivity contribution in [1.82, 2.24) is 15.4 Å². The molecule has 1 amide bonds. The molecule has 24 heavy (non-hydrogen) atoms. The molecule has 126 valence electrons. The Labute approximate surface area is 144 Å². The van der Waals surface area contributed by atoms with Crippen LogP contribution < -0.4 is 10.3 Å². The molecule has 1 aliphatic heterocycles. The highest BCUT2D eigenvalue weighted by Crippen LogP contribution is 2.21. The molecule has 0 aliphatic carbocycles. The minimum absolute atomic E-state index is 0.178. The first-order valence-corrected chi connectivity index (χ1v) is 8.61. The third-order valence-corrected chi connectivity index (χ3v) is 4.56. The van der Waals surface area contributed by atoms with E-state index in [1.165, 1.54) is 0 Å². The van der Waals surface area contributed by atoms with Gasteiger partial charge in [0.05, 0.1) is 31.0 Å². The molecule has 0 unspecified atom stereocenters. The smallest absolute Gasteiger partial charge is 0.246 e. The summed E-state index contributed by atoms with van der Waals surface area (Å²) < 4.78 is 5.34. The number of hydrogen-bond donors (Lipinski definition) is 1. The van der Waals surface area contributed by atoms with E-state index in [4.69, 9.17) is 4.74 Å². The van der Waals surface area contributed by atoms with E-state index in [-0.39, 0.29) is 12.3 Å². The molecular weight excluding hydrogens is 326 g/mol. The van der Waals surface area contributed by atoms with E-state index in [1.54, 1.807) is 23.7 Å². The zero-order valence-corrected chi connectivity index (χ0v) is 14.3. The van der Waals surface area contributed by atoms with Gasteiger partial charge >= 0.3 is 0 Å². The van der Waals surface area contributed by atoms with Crippen LogP contribution in [0.5, 0.6) is 0 Å². The number of nitrogens with one attached hydrogen (secondary N) is 1. The number of ether oxygens (including phenoxy) is 1. The predicted molar refractivity (Wildman–Crippen MR) is 93.4 cm³/mol. The quantitative estimate of drug-likeness (QED) is 0.655. The number of morpholine rings is 1. The van der Waals surface area contributed by atoms with Crippen molar-refractivity contribution in [1.29, 1.82) is 0 Å². The monoisotopic (exact) mass is 345 g/mol. The summed E-state index contributed by atoms with van der Waals surface area (Å²) in [6, 6.07) is 3.69. The number of aromatic nitrogens is 2. The average molecular weight is 345 g/mol. The number of amides is 1. The van der Waals surface area contributed by atoms with Gasteiger partial charge in [-0.3, -0.25) is 9.78 Å². The summed E-state index contributed by atoms with van der Waals surface area (Å²) >= 11 is 1.56. The topological polar surface area (TPSA) is 79.7 Å². The zero-order valence-electron chi connectivity index (χ0n) is 13.4. The number of rotatable bonds is 5. The summed E-state index contributed by atoms with van der Waals surface area (Å²) in [6.07, 6.45) is 3.60. The number of carbonyl (C=O) groups excluding carboxylic acids is 1. The minimum Gasteiger partial charge on any atom is -0.378 e. The van der Waals surface area contributed by atoms with E-state index >= 15 is 0 Å². The molecule has 1 saturated heterocycles. The summed E-state index contributed by atoms with van der Waals surface area (Å²) in [4.78, 5) is 22.7. The van der Waals surface area contributed by atoms with Crippen molar-refractivity contribution in [3.05, 3.63) is 41.2 Å². The second-order valence-electron chi connectivity index (χ2n) is 5.37. The Morgan fingerprint density at radius 2 is 2.12 bits per heavy atom. The molecule has 8 heteroatoms. The summed E-state index contributed by atoms with van der Waals surface area (Å²) in [5, 5.41) is 6.99. The van der Waals surface area contributed by atoms with E-state index in [0.29, 0.717) is 0 Å². The second-order valence-corrected chi connectivity index (χ2v) is 6.20. The summed E-state index contributed by atoms with van der Waals surface area (Å²) in [5.74, 6) is -0.178. The molecule has 1 aliphatic rings. The zero-order chi connectivity index (χ0) is 16.8. The Hall–Kier alpha value is -2.32. The van der Waals surface area contributed by atoms with Crippen molar-refractivity contribution in [2.75, 3.05) is 31.2 Å². The highest BCUT2D eigenvalue weighted by atomic mass is 32.1. The first-order chi connectivity index (χ1) is 11.7. The van der Waals surface area contributed by atoms with E-state index in [1.807, 2.05) is 24.4 Å². The van der Waals surface area contributed by atoms with Gasteiger partial charge in [0.15, 0.2) is 5.13 Å². The molecule has 2 aromatic heterocycles. The van der Waals surface area contributed by atoms with Gasteiger partial charge in [0, 0.05) is 36.4 Å². The van der Waals surface area contributed by atoms with E-state index in [2.05, 4.69) is 25.4 Å². The number of carbonyl (C=O) groups is 1. The average Bonchev–Trinajstić information content (AvgIpc) is 3.09. The Morgan fingerprint density at radius 1 is 1.38 bits per heavy atom.